The van der Waals surface area contributed by atoms with Gasteiger partial charge in [0.15, 0.2) is 6.29 Å². The monoisotopic (exact) mass is 263 g/mol. The fourth-order valence-electron chi connectivity index (χ4n) is 1.41. The highest BCUT2D eigenvalue weighted by atomic mass is 32.1. The topological polar surface area (TPSA) is 73.9 Å². The number of ether oxygens (including phenoxy) is 3. The highest BCUT2D eigenvalue weighted by Crippen LogP contribution is 2.10. The van der Waals surface area contributed by atoms with Gasteiger partial charge in [-0.3, -0.25) is 4.79 Å². The standard InChI is InChI=1S/C10H17NO5S/c1-14-10(13)7(6-17)11-8(12)2-3-9-15-4-5-16-9/h7,9,17H,2-6H2,1H3,(H,11,12)/t7-/m0/s1. The van der Waals surface area contributed by atoms with E-state index in [1.165, 1.54) is 7.11 Å². The van der Waals surface area contributed by atoms with Crippen LogP contribution in [0.4, 0.5) is 0 Å². The van der Waals surface area contributed by atoms with Crippen LogP contribution in [0.3, 0.4) is 0 Å². The van der Waals surface area contributed by atoms with Gasteiger partial charge in [-0.1, -0.05) is 0 Å². The molecule has 1 saturated heterocycles. The zero-order valence-electron chi connectivity index (χ0n) is 9.68. The molecule has 0 bridgehead atoms. The molecule has 0 radical (unpaired) electrons. The first-order valence-electron chi connectivity index (χ1n) is 5.38. The number of carbonyl (C=O) groups excluding carboxylic acids is 2. The summed E-state index contributed by atoms with van der Waals surface area (Å²) in [5.41, 5.74) is 0. The summed E-state index contributed by atoms with van der Waals surface area (Å²) in [4.78, 5) is 22.7. The number of hydrogen-bond donors (Lipinski definition) is 2. The maximum Gasteiger partial charge on any atom is 0.329 e. The van der Waals surface area contributed by atoms with E-state index in [2.05, 4.69) is 22.7 Å². The lowest BCUT2D eigenvalue weighted by Gasteiger charge is -2.14. The minimum atomic E-state index is -0.707. The molecule has 98 valence electrons. The smallest absolute Gasteiger partial charge is 0.329 e. The maximum absolute atomic E-state index is 11.5. The number of amides is 1. The average molecular weight is 263 g/mol. The molecule has 0 aromatic carbocycles. The van der Waals surface area contributed by atoms with Crippen molar-refractivity contribution in [3.8, 4) is 0 Å². The molecule has 1 rings (SSSR count). The minimum absolute atomic E-state index is 0.203. The first-order chi connectivity index (χ1) is 8.17. The third kappa shape index (κ3) is 4.93. The van der Waals surface area contributed by atoms with E-state index in [4.69, 9.17) is 9.47 Å². The molecule has 0 aliphatic carbocycles. The Morgan fingerprint density at radius 1 is 1.47 bits per heavy atom. The van der Waals surface area contributed by atoms with Gasteiger partial charge < -0.3 is 19.5 Å². The van der Waals surface area contributed by atoms with Gasteiger partial charge in [0.05, 0.1) is 20.3 Å². The van der Waals surface area contributed by atoms with E-state index in [1.807, 2.05) is 0 Å². The van der Waals surface area contributed by atoms with Gasteiger partial charge >= 0.3 is 5.97 Å². The molecule has 1 aliphatic rings. The Morgan fingerprint density at radius 3 is 2.65 bits per heavy atom. The van der Waals surface area contributed by atoms with Crippen LogP contribution < -0.4 is 5.32 Å². The Bertz CT molecular complexity index is 267. The van der Waals surface area contributed by atoms with E-state index in [0.717, 1.165) is 0 Å². The number of carbonyl (C=O) groups is 2. The zero-order chi connectivity index (χ0) is 12.7. The largest absolute Gasteiger partial charge is 0.467 e. The molecule has 0 unspecified atom stereocenters. The molecule has 6 nitrogen and oxygen atoms in total. The fraction of sp³-hybridized carbons (Fsp3) is 0.800. The van der Waals surface area contributed by atoms with Crippen LogP contribution in [-0.4, -0.2) is 50.3 Å². The minimum Gasteiger partial charge on any atom is -0.467 e. The molecule has 7 heteroatoms. The molecule has 0 spiro atoms. The van der Waals surface area contributed by atoms with Gasteiger partial charge in [0.25, 0.3) is 0 Å². The predicted molar refractivity (Wildman–Crippen MR) is 62.7 cm³/mol. The Hall–Kier alpha value is -0.790. The van der Waals surface area contributed by atoms with Crippen molar-refractivity contribution in [3.63, 3.8) is 0 Å². The summed E-state index contributed by atoms with van der Waals surface area (Å²) in [5.74, 6) is -0.537. The predicted octanol–water partition coefficient (Wildman–Crippen LogP) is -0.273. The first kappa shape index (κ1) is 14.3. The Kier molecular flexibility index (Phi) is 6.31. The highest BCUT2D eigenvalue weighted by Gasteiger charge is 2.21. The van der Waals surface area contributed by atoms with Crippen LogP contribution in [0.15, 0.2) is 0 Å². The number of rotatable bonds is 6. The molecule has 1 fully saturated rings. The summed E-state index contributed by atoms with van der Waals surface area (Å²) in [5, 5.41) is 2.54. The van der Waals surface area contributed by atoms with Gasteiger partial charge in [-0.25, -0.2) is 4.79 Å². The molecule has 0 saturated carbocycles. The van der Waals surface area contributed by atoms with Crippen LogP contribution in [0.5, 0.6) is 0 Å². The second kappa shape index (κ2) is 7.52. The molecule has 1 amide bonds. The maximum atomic E-state index is 11.5. The highest BCUT2D eigenvalue weighted by molar-refractivity contribution is 7.80. The van der Waals surface area contributed by atoms with E-state index in [-0.39, 0.29) is 24.4 Å². The van der Waals surface area contributed by atoms with Crippen LogP contribution in [0, 0.1) is 0 Å². The third-order valence-electron chi connectivity index (χ3n) is 2.30. The number of esters is 1. The molecule has 1 heterocycles. The first-order valence-corrected chi connectivity index (χ1v) is 6.02. The van der Waals surface area contributed by atoms with Crippen LogP contribution >= 0.6 is 12.6 Å². The van der Waals surface area contributed by atoms with Crippen LogP contribution in [-0.2, 0) is 23.8 Å². The van der Waals surface area contributed by atoms with Crippen molar-refractivity contribution < 1.29 is 23.8 Å². The Balaban J connectivity index is 2.24. The van der Waals surface area contributed by atoms with E-state index in [1.54, 1.807) is 0 Å². The lowest BCUT2D eigenvalue weighted by molar-refractivity contribution is -0.144. The summed E-state index contributed by atoms with van der Waals surface area (Å²) in [6.07, 6.45) is 0.409. The zero-order valence-corrected chi connectivity index (χ0v) is 10.6. The quantitative estimate of drug-likeness (QED) is 0.509. The molecular formula is C10H17NO5S. The molecule has 17 heavy (non-hydrogen) atoms. The van der Waals surface area contributed by atoms with Gasteiger partial charge in [0.1, 0.15) is 6.04 Å². The van der Waals surface area contributed by atoms with E-state index < -0.39 is 12.0 Å². The van der Waals surface area contributed by atoms with Gasteiger partial charge in [-0.05, 0) is 0 Å². The Morgan fingerprint density at radius 2 is 2.12 bits per heavy atom. The van der Waals surface area contributed by atoms with Crippen molar-refractivity contribution in [3.05, 3.63) is 0 Å². The summed E-state index contributed by atoms with van der Waals surface area (Å²) in [6, 6.07) is -0.707. The average Bonchev–Trinajstić information content (AvgIpc) is 2.85. The molecule has 0 aromatic heterocycles. The number of thiol groups is 1. The van der Waals surface area contributed by atoms with E-state index >= 15 is 0 Å². The van der Waals surface area contributed by atoms with Crippen molar-refractivity contribution in [2.45, 2.75) is 25.2 Å². The lowest BCUT2D eigenvalue weighted by Crippen LogP contribution is -2.43. The molecule has 1 atom stereocenters. The Labute approximate surface area is 105 Å². The van der Waals surface area contributed by atoms with Gasteiger partial charge in [0, 0.05) is 18.6 Å². The van der Waals surface area contributed by atoms with Gasteiger partial charge in [-0.15, -0.1) is 0 Å². The molecule has 1 N–H and O–H groups in total. The lowest BCUT2D eigenvalue weighted by atomic mass is 10.2. The SMILES string of the molecule is COC(=O)[C@H](CS)NC(=O)CCC1OCCO1. The van der Waals surface area contributed by atoms with E-state index in [0.29, 0.717) is 19.6 Å². The molecule has 1 aliphatic heterocycles. The number of nitrogens with one attached hydrogen (secondary N) is 1. The second-order valence-corrected chi connectivity index (χ2v) is 3.90. The van der Waals surface area contributed by atoms with Crippen molar-refractivity contribution in [2.75, 3.05) is 26.1 Å². The number of hydrogen-bond acceptors (Lipinski definition) is 6. The fourth-order valence-corrected chi connectivity index (χ4v) is 1.65. The van der Waals surface area contributed by atoms with Crippen molar-refractivity contribution in [1.29, 1.82) is 0 Å². The normalized spacial score (nSPS) is 17.8. The van der Waals surface area contributed by atoms with Crippen molar-refractivity contribution in [2.24, 2.45) is 0 Å². The van der Waals surface area contributed by atoms with Crippen LogP contribution in [0.25, 0.3) is 0 Å². The summed E-state index contributed by atoms with van der Waals surface area (Å²) < 4.78 is 14.9. The van der Waals surface area contributed by atoms with Crippen LogP contribution in [0.1, 0.15) is 12.8 Å². The van der Waals surface area contributed by atoms with Gasteiger partial charge in [-0.2, -0.15) is 12.6 Å². The molecule has 0 aromatic rings. The van der Waals surface area contributed by atoms with Crippen molar-refractivity contribution in [1.82, 2.24) is 5.32 Å². The second-order valence-electron chi connectivity index (χ2n) is 3.54. The summed E-state index contributed by atoms with van der Waals surface area (Å²) in [7, 11) is 1.27. The summed E-state index contributed by atoms with van der Waals surface area (Å²) >= 11 is 3.97. The third-order valence-corrected chi connectivity index (χ3v) is 2.67. The number of methoxy groups -OCH3 is 1. The molecular weight excluding hydrogens is 246 g/mol. The van der Waals surface area contributed by atoms with Crippen LogP contribution in [0.2, 0.25) is 0 Å². The van der Waals surface area contributed by atoms with Gasteiger partial charge in [0.2, 0.25) is 5.91 Å². The van der Waals surface area contributed by atoms with E-state index in [9.17, 15) is 9.59 Å². The summed E-state index contributed by atoms with van der Waals surface area (Å²) in [6.45, 7) is 1.13. The van der Waals surface area contributed by atoms with Crippen molar-refractivity contribution >= 4 is 24.5 Å².